The van der Waals surface area contributed by atoms with Gasteiger partial charge in [-0.3, -0.25) is 4.79 Å². The molecule has 2 rings (SSSR count). The van der Waals surface area contributed by atoms with Crippen LogP contribution in [-0.2, 0) is 4.79 Å². The van der Waals surface area contributed by atoms with Gasteiger partial charge in [-0.25, -0.2) is 0 Å². The predicted molar refractivity (Wildman–Crippen MR) is 82.9 cm³/mol. The van der Waals surface area contributed by atoms with Crippen LogP contribution in [0.4, 0.5) is 5.69 Å². The van der Waals surface area contributed by atoms with Crippen LogP contribution in [0.15, 0.2) is 48.5 Å². The maximum atomic E-state index is 10.9. The molecule has 0 aromatic heterocycles. The lowest BCUT2D eigenvalue weighted by Crippen LogP contribution is -2.09. The summed E-state index contributed by atoms with van der Waals surface area (Å²) >= 11 is 0. The number of carbonyl (C=O) groups is 1. The van der Waals surface area contributed by atoms with E-state index < -0.39 is 0 Å². The lowest BCUT2D eigenvalue weighted by molar-refractivity contribution is -0.114. The van der Waals surface area contributed by atoms with Crippen molar-refractivity contribution in [2.45, 2.75) is 13.8 Å². The van der Waals surface area contributed by atoms with Crippen molar-refractivity contribution in [3.05, 3.63) is 54.1 Å². The summed E-state index contributed by atoms with van der Waals surface area (Å²) in [5, 5.41) is 2.71. The molecule has 0 radical (unpaired) electrons. The van der Waals surface area contributed by atoms with Crippen LogP contribution in [0.25, 0.3) is 0 Å². The van der Waals surface area contributed by atoms with Gasteiger partial charge in [0.25, 0.3) is 0 Å². The number of aryl methyl sites for hydroxylation is 1. The molecule has 0 bridgehead atoms. The van der Waals surface area contributed by atoms with Crippen LogP contribution < -0.4 is 14.8 Å². The molecular formula is C17H19NO3. The molecule has 4 nitrogen and oxygen atoms in total. The molecule has 0 unspecified atom stereocenters. The molecule has 0 atom stereocenters. The van der Waals surface area contributed by atoms with Crippen molar-refractivity contribution in [3.8, 4) is 11.5 Å². The van der Waals surface area contributed by atoms with Crippen LogP contribution >= 0.6 is 0 Å². The van der Waals surface area contributed by atoms with Crippen LogP contribution in [0.1, 0.15) is 12.5 Å². The Morgan fingerprint density at radius 2 is 1.38 bits per heavy atom. The van der Waals surface area contributed by atoms with Crippen LogP contribution in [0.5, 0.6) is 11.5 Å². The topological polar surface area (TPSA) is 47.6 Å². The van der Waals surface area contributed by atoms with Gasteiger partial charge in [0.05, 0.1) is 0 Å². The summed E-state index contributed by atoms with van der Waals surface area (Å²) in [5.41, 5.74) is 1.96. The highest BCUT2D eigenvalue weighted by atomic mass is 16.5. The summed E-state index contributed by atoms with van der Waals surface area (Å²) < 4.78 is 11.2. The molecule has 2 aromatic carbocycles. The van der Waals surface area contributed by atoms with Crippen molar-refractivity contribution in [2.24, 2.45) is 0 Å². The third kappa shape index (κ3) is 5.18. The summed E-state index contributed by atoms with van der Waals surface area (Å²) in [7, 11) is 0. The number of hydrogen-bond acceptors (Lipinski definition) is 3. The van der Waals surface area contributed by atoms with E-state index in [9.17, 15) is 4.79 Å². The Kier molecular flexibility index (Phi) is 5.21. The number of ether oxygens (including phenoxy) is 2. The lowest BCUT2D eigenvalue weighted by Gasteiger charge is -2.09. The minimum absolute atomic E-state index is 0.0878. The maximum Gasteiger partial charge on any atom is 0.221 e. The number of rotatable bonds is 6. The first-order valence-electron chi connectivity index (χ1n) is 6.83. The highest BCUT2D eigenvalue weighted by Crippen LogP contribution is 2.16. The zero-order valence-electron chi connectivity index (χ0n) is 12.3. The van der Waals surface area contributed by atoms with E-state index in [1.54, 1.807) is 12.1 Å². The van der Waals surface area contributed by atoms with Crippen LogP contribution in [0, 0.1) is 6.92 Å². The van der Waals surface area contributed by atoms with Crippen molar-refractivity contribution in [3.63, 3.8) is 0 Å². The minimum Gasteiger partial charge on any atom is -0.490 e. The standard InChI is InChI=1S/C17H19NO3/c1-13-3-7-16(8-4-13)20-11-12-21-17-9-5-15(6-10-17)18-14(2)19/h3-10H,11-12H2,1-2H3,(H,18,19). The molecule has 0 heterocycles. The molecule has 0 spiro atoms. The monoisotopic (exact) mass is 285 g/mol. The van der Waals surface area contributed by atoms with Gasteiger partial charge in [0.15, 0.2) is 0 Å². The summed E-state index contributed by atoms with van der Waals surface area (Å²) in [6.45, 7) is 4.47. The maximum absolute atomic E-state index is 10.9. The van der Waals surface area contributed by atoms with Gasteiger partial charge in [0.1, 0.15) is 24.7 Å². The summed E-state index contributed by atoms with van der Waals surface area (Å²) in [6, 6.07) is 15.1. The number of hydrogen-bond donors (Lipinski definition) is 1. The van der Waals surface area contributed by atoms with E-state index in [2.05, 4.69) is 5.32 Å². The van der Waals surface area contributed by atoms with Gasteiger partial charge in [-0.05, 0) is 43.3 Å². The Morgan fingerprint density at radius 3 is 1.86 bits per heavy atom. The number of anilines is 1. The van der Waals surface area contributed by atoms with E-state index in [-0.39, 0.29) is 5.91 Å². The molecule has 1 N–H and O–H groups in total. The third-order valence-electron chi connectivity index (χ3n) is 2.82. The molecule has 0 saturated carbocycles. The Labute approximate surface area is 124 Å². The van der Waals surface area contributed by atoms with Crippen molar-refractivity contribution in [1.82, 2.24) is 0 Å². The minimum atomic E-state index is -0.0878. The van der Waals surface area contributed by atoms with E-state index in [4.69, 9.17) is 9.47 Å². The van der Waals surface area contributed by atoms with Crippen LogP contribution in [0.3, 0.4) is 0 Å². The molecule has 21 heavy (non-hydrogen) atoms. The first-order chi connectivity index (χ1) is 10.1. The quantitative estimate of drug-likeness (QED) is 0.827. The Bertz CT molecular complexity index is 576. The first kappa shape index (κ1) is 14.9. The number of carbonyl (C=O) groups excluding carboxylic acids is 1. The van der Waals surface area contributed by atoms with E-state index in [0.717, 1.165) is 17.2 Å². The molecule has 0 aliphatic rings. The second-order valence-electron chi connectivity index (χ2n) is 4.72. The van der Waals surface area contributed by atoms with Crippen LogP contribution in [0.2, 0.25) is 0 Å². The zero-order valence-corrected chi connectivity index (χ0v) is 12.3. The van der Waals surface area contributed by atoms with Gasteiger partial charge in [-0.1, -0.05) is 17.7 Å². The van der Waals surface area contributed by atoms with E-state index in [1.807, 2.05) is 43.3 Å². The lowest BCUT2D eigenvalue weighted by atomic mass is 10.2. The normalized spacial score (nSPS) is 10.0. The van der Waals surface area contributed by atoms with Gasteiger partial charge in [-0.15, -0.1) is 0 Å². The number of benzene rings is 2. The van der Waals surface area contributed by atoms with E-state index in [0.29, 0.717) is 13.2 Å². The Hall–Kier alpha value is -2.49. The summed E-state index contributed by atoms with van der Waals surface area (Å²) in [4.78, 5) is 10.9. The third-order valence-corrected chi connectivity index (χ3v) is 2.82. The van der Waals surface area contributed by atoms with E-state index >= 15 is 0 Å². The van der Waals surface area contributed by atoms with Gasteiger partial charge < -0.3 is 14.8 Å². The van der Waals surface area contributed by atoms with E-state index in [1.165, 1.54) is 12.5 Å². The van der Waals surface area contributed by atoms with Crippen molar-refractivity contribution in [2.75, 3.05) is 18.5 Å². The van der Waals surface area contributed by atoms with Crippen molar-refractivity contribution < 1.29 is 14.3 Å². The van der Waals surface area contributed by atoms with Gasteiger partial charge >= 0.3 is 0 Å². The molecule has 0 aliphatic heterocycles. The first-order valence-corrected chi connectivity index (χ1v) is 6.83. The van der Waals surface area contributed by atoms with Crippen molar-refractivity contribution >= 4 is 11.6 Å². The molecule has 1 amide bonds. The average molecular weight is 285 g/mol. The highest BCUT2D eigenvalue weighted by molar-refractivity contribution is 5.88. The zero-order chi connectivity index (χ0) is 15.1. The second-order valence-corrected chi connectivity index (χ2v) is 4.72. The summed E-state index contributed by atoms with van der Waals surface area (Å²) in [5.74, 6) is 1.50. The largest absolute Gasteiger partial charge is 0.490 e. The molecular weight excluding hydrogens is 266 g/mol. The molecule has 110 valence electrons. The molecule has 4 heteroatoms. The Morgan fingerprint density at radius 1 is 0.905 bits per heavy atom. The molecule has 0 fully saturated rings. The number of amides is 1. The SMILES string of the molecule is CC(=O)Nc1ccc(OCCOc2ccc(C)cc2)cc1. The number of nitrogens with one attached hydrogen (secondary N) is 1. The van der Waals surface area contributed by atoms with Crippen molar-refractivity contribution in [1.29, 1.82) is 0 Å². The van der Waals surface area contributed by atoms with Gasteiger partial charge in [0.2, 0.25) is 5.91 Å². The van der Waals surface area contributed by atoms with Gasteiger partial charge in [0, 0.05) is 12.6 Å². The second kappa shape index (κ2) is 7.33. The van der Waals surface area contributed by atoms with Crippen LogP contribution in [-0.4, -0.2) is 19.1 Å². The molecule has 2 aromatic rings. The fourth-order valence-corrected chi connectivity index (χ4v) is 1.79. The molecule has 0 saturated heterocycles. The van der Waals surface area contributed by atoms with Gasteiger partial charge in [-0.2, -0.15) is 0 Å². The predicted octanol–water partition coefficient (Wildman–Crippen LogP) is 3.41. The highest BCUT2D eigenvalue weighted by Gasteiger charge is 1.98. The fourth-order valence-electron chi connectivity index (χ4n) is 1.79. The fraction of sp³-hybridized carbons (Fsp3) is 0.235. The average Bonchev–Trinajstić information content (AvgIpc) is 2.46. The molecule has 0 aliphatic carbocycles. The Balaban J connectivity index is 1.73. The smallest absolute Gasteiger partial charge is 0.221 e. The summed E-state index contributed by atoms with van der Waals surface area (Å²) in [6.07, 6.45) is 0.